The van der Waals surface area contributed by atoms with Crippen molar-refractivity contribution in [2.75, 3.05) is 5.32 Å². The third-order valence-corrected chi connectivity index (χ3v) is 2.90. The first kappa shape index (κ1) is 11.2. The zero-order chi connectivity index (χ0) is 11.5. The molecule has 1 aromatic carbocycles. The average Bonchev–Trinajstić information content (AvgIpc) is 2.20. The van der Waals surface area contributed by atoms with Crippen LogP contribution >= 0.6 is 12.2 Å². The molecule has 1 heterocycles. The van der Waals surface area contributed by atoms with Gasteiger partial charge in [0.1, 0.15) is 6.17 Å². The number of benzene rings is 1. The topological polar surface area (TPSA) is 36.1 Å². The predicted octanol–water partition coefficient (Wildman–Crippen LogP) is 1.99. The fourth-order valence-corrected chi connectivity index (χ4v) is 2.18. The first-order chi connectivity index (χ1) is 7.63. The summed E-state index contributed by atoms with van der Waals surface area (Å²) in [5, 5.41) is 10.6. The zero-order valence-electron chi connectivity index (χ0n) is 9.58. The van der Waals surface area contributed by atoms with Gasteiger partial charge in [-0.15, -0.1) is 0 Å². The van der Waals surface area contributed by atoms with Gasteiger partial charge in [0.05, 0.1) is 0 Å². The maximum atomic E-state index is 5.13. The van der Waals surface area contributed by atoms with Crippen LogP contribution < -0.4 is 16.0 Å². The summed E-state index contributed by atoms with van der Waals surface area (Å²) >= 11 is 5.13. The van der Waals surface area contributed by atoms with Gasteiger partial charge >= 0.3 is 0 Å². The van der Waals surface area contributed by atoms with Crippen LogP contribution in [0.3, 0.4) is 0 Å². The second-order valence-electron chi connectivity index (χ2n) is 4.32. The number of hydrogen-bond acceptors (Lipinski definition) is 2. The molecule has 0 amide bonds. The summed E-state index contributed by atoms with van der Waals surface area (Å²) in [6.45, 7) is 4.22. The van der Waals surface area contributed by atoms with Crippen molar-refractivity contribution in [1.29, 1.82) is 0 Å². The molecule has 0 radical (unpaired) electrons. The first-order valence-electron chi connectivity index (χ1n) is 5.54. The third-order valence-electron chi connectivity index (χ3n) is 2.66. The minimum atomic E-state index is 0.214. The molecule has 0 aromatic heterocycles. The number of nitrogens with one attached hydrogen (secondary N) is 3. The maximum absolute atomic E-state index is 5.13. The summed E-state index contributed by atoms with van der Waals surface area (Å²) in [5.74, 6) is 0. The van der Waals surface area contributed by atoms with Gasteiger partial charge in [0.2, 0.25) is 0 Å². The zero-order valence-corrected chi connectivity index (χ0v) is 10.4. The summed E-state index contributed by atoms with van der Waals surface area (Å²) in [4.78, 5) is 0. The Balaban J connectivity index is 1.98. The van der Waals surface area contributed by atoms with Crippen LogP contribution in [0.2, 0.25) is 0 Å². The van der Waals surface area contributed by atoms with Crippen molar-refractivity contribution < 1.29 is 0 Å². The number of hydrogen-bond donors (Lipinski definition) is 3. The van der Waals surface area contributed by atoms with Crippen LogP contribution in [-0.4, -0.2) is 17.3 Å². The standard InChI is InChI=1S/C12H17N3S/c1-8-3-5-10(6-4-8)14-11-7-9(2)13-12(16)15-11/h3-6,9,11,14H,7H2,1-2H3,(H2,13,15,16)/t9-,11-/m0/s1. The van der Waals surface area contributed by atoms with Crippen molar-refractivity contribution >= 4 is 23.0 Å². The van der Waals surface area contributed by atoms with Crippen LogP contribution in [0.25, 0.3) is 0 Å². The molecule has 16 heavy (non-hydrogen) atoms. The van der Waals surface area contributed by atoms with E-state index in [2.05, 4.69) is 54.1 Å². The van der Waals surface area contributed by atoms with Gasteiger partial charge in [0.25, 0.3) is 0 Å². The van der Waals surface area contributed by atoms with Crippen molar-refractivity contribution in [3.63, 3.8) is 0 Å². The second-order valence-corrected chi connectivity index (χ2v) is 4.73. The first-order valence-corrected chi connectivity index (χ1v) is 5.94. The fraction of sp³-hybridized carbons (Fsp3) is 0.417. The molecule has 1 saturated heterocycles. The number of rotatable bonds is 2. The molecule has 3 nitrogen and oxygen atoms in total. The van der Waals surface area contributed by atoms with E-state index in [-0.39, 0.29) is 6.17 Å². The van der Waals surface area contributed by atoms with Gasteiger partial charge in [0.15, 0.2) is 5.11 Å². The Bertz CT molecular complexity index is 374. The van der Waals surface area contributed by atoms with E-state index in [0.717, 1.165) is 17.2 Å². The molecule has 3 N–H and O–H groups in total. The van der Waals surface area contributed by atoms with Gasteiger partial charge in [-0.2, -0.15) is 0 Å². The highest BCUT2D eigenvalue weighted by atomic mass is 32.1. The molecule has 1 aliphatic rings. The Morgan fingerprint density at radius 1 is 1.25 bits per heavy atom. The van der Waals surface area contributed by atoms with E-state index in [4.69, 9.17) is 12.2 Å². The largest absolute Gasteiger partial charge is 0.365 e. The van der Waals surface area contributed by atoms with Gasteiger partial charge in [-0.05, 0) is 38.2 Å². The summed E-state index contributed by atoms with van der Waals surface area (Å²) < 4.78 is 0. The fourth-order valence-electron chi connectivity index (χ4n) is 1.84. The molecule has 2 atom stereocenters. The minimum Gasteiger partial charge on any atom is -0.365 e. The summed E-state index contributed by atoms with van der Waals surface area (Å²) in [7, 11) is 0. The van der Waals surface area contributed by atoms with Crippen LogP contribution in [0.4, 0.5) is 5.69 Å². The number of anilines is 1. The molecule has 1 aliphatic heterocycles. The van der Waals surface area contributed by atoms with Crippen LogP contribution in [0.15, 0.2) is 24.3 Å². The average molecular weight is 235 g/mol. The van der Waals surface area contributed by atoms with Crippen LogP contribution in [0, 0.1) is 6.92 Å². The molecule has 0 bridgehead atoms. The molecule has 86 valence electrons. The van der Waals surface area contributed by atoms with Crippen molar-refractivity contribution in [1.82, 2.24) is 10.6 Å². The monoisotopic (exact) mass is 235 g/mol. The maximum Gasteiger partial charge on any atom is 0.168 e. The lowest BCUT2D eigenvalue weighted by Crippen LogP contribution is -2.55. The molecule has 1 aromatic rings. The van der Waals surface area contributed by atoms with Crippen LogP contribution in [-0.2, 0) is 0 Å². The Kier molecular flexibility index (Phi) is 3.29. The lowest BCUT2D eigenvalue weighted by molar-refractivity contribution is 0.475. The predicted molar refractivity (Wildman–Crippen MR) is 71.5 cm³/mol. The molecule has 2 rings (SSSR count). The van der Waals surface area contributed by atoms with Gasteiger partial charge in [-0.25, -0.2) is 0 Å². The van der Waals surface area contributed by atoms with Gasteiger partial charge in [0, 0.05) is 18.2 Å². The Morgan fingerprint density at radius 2 is 1.94 bits per heavy atom. The van der Waals surface area contributed by atoms with E-state index in [0.29, 0.717) is 6.04 Å². The summed E-state index contributed by atoms with van der Waals surface area (Å²) in [6.07, 6.45) is 1.22. The summed E-state index contributed by atoms with van der Waals surface area (Å²) in [5.41, 5.74) is 2.40. The van der Waals surface area contributed by atoms with Crippen molar-refractivity contribution in [2.24, 2.45) is 0 Å². The highest BCUT2D eigenvalue weighted by Crippen LogP contribution is 2.12. The summed E-state index contributed by atoms with van der Waals surface area (Å²) in [6, 6.07) is 8.80. The third kappa shape index (κ3) is 2.85. The smallest absolute Gasteiger partial charge is 0.168 e. The van der Waals surface area contributed by atoms with E-state index < -0.39 is 0 Å². The highest BCUT2D eigenvalue weighted by Gasteiger charge is 2.19. The van der Waals surface area contributed by atoms with Crippen LogP contribution in [0.1, 0.15) is 18.9 Å². The van der Waals surface area contributed by atoms with Gasteiger partial charge < -0.3 is 16.0 Å². The van der Waals surface area contributed by atoms with Gasteiger partial charge in [-0.3, -0.25) is 0 Å². The molecule has 0 aliphatic carbocycles. The van der Waals surface area contributed by atoms with Crippen molar-refractivity contribution in [3.05, 3.63) is 29.8 Å². The van der Waals surface area contributed by atoms with E-state index in [1.807, 2.05) is 0 Å². The Labute approximate surface area is 102 Å². The molecular weight excluding hydrogens is 218 g/mol. The molecule has 4 heteroatoms. The SMILES string of the molecule is Cc1ccc(N[C@@H]2C[C@H](C)NC(=S)N2)cc1. The molecule has 0 unspecified atom stereocenters. The highest BCUT2D eigenvalue weighted by molar-refractivity contribution is 7.80. The Hall–Kier alpha value is -1.29. The molecular formula is C12H17N3S. The lowest BCUT2D eigenvalue weighted by Gasteiger charge is -2.32. The van der Waals surface area contributed by atoms with E-state index in [1.54, 1.807) is 0 Å². The Morgan fingerprint density at radius 3 is 2.56 bits per heavy atom. The molecule has 1 fully saturated rings. The van der Waals surface area contributed by atoms with Crippen molar-refractivity contribution in [3.8, 4) is 0 Å². The molecule has 0 spiro atoms. The molecule has 0 saturated carbocycles. The number of thiocarbonyl (C=S) groups is 1. The number of aryl methyl sites for hydroxylation is 1. The normalized spacial score (nSPS) is 24.5. The van der Waals surface area contributed by atoms with Gasteiger partial charge in [-0.1, -0.05) is 17.7 Å². The lowest BCUT2D eigenvalue weighted by atomic mass is 10.1. The van der Waals surface area contributed by atoms with E-state index in [9.17, 15) is 0 Å². The quantitative estimate of drug-likeness (QED) is 0.685. The van der Waals surface area contributed by atoms with Crippen molar-refractivity contribution in [2.45, 2.75) is 32.5 Å². The van der Waals surface area contributed by atoms with E-state index in [1.165, 1.54) is 5.56 Å². The van der Waals surface area contributed by atoms with E-state index >= 15 is 0 Å². The second kappa shape index (κ2) is 4.70. The van der Waals surface area contributed by atoms with Crippen LogP contribution in [0.5, 0.6) is 0 Å². The minimum absolute atomic E-state index is 0.214.